The number of hydrogen-bond acceptors (Lipinski definition) is 5. The Bertz CT molecular complexity index is 298. The number of methoxy groups -OCH3 is 2. The van der Waals surface area contributed by atoms with Crippen LogP contribution in [0.5, 0.6) is 0 Å². The Morgan fingerprint density at radius 2 is 2.21 bits per heavy atom. The topological polar surface area (TPSA) is 50.8 Å². The maximum Gasteiger partial charge on any atom is 0.326 e. The Morgan fingerprint density at radius 3 is 2.74 bits per heavy atom. The van der Waals surface area contributed by atoms with E-state index in [4.69, 9.17) is 9.47 Å². The lowest BCUT2D eigenvalue weighted by atomic mass is 9.97. The first-order chi connectivity index (χ1) is 9.00. The molecule has 112 valence electrons. The van der Waals surface area contributed by atoms with Crippen LogP contribution in [-0.2, 0) is 14.3 Å². The van der Waals surface area contributed by atoms with Gasteiger partial charge in [-0.05, 0) is 39.8 Å². The van der Waals surface area contributed by atoms with Crippen LogP contribution in [0.2, 0.25) is 0 Å². The maximum atomic E-state index is 12.1. The van der Waals surface area contributed by atoms with Crippen molar-refractivity contribution in [1.82, 2.24) is 10.2 Å². The van der Waals surface area contributed by atoms with Gasteiger partial charge in [-0.2, -0.15) is 0 Å². The molecule has 1 fully saturated rings. The summed E-state index contributed by atoms with van der Waals surface area (Å²) in [5.41, 5.74) is -0.505. The summed E-state index contributed by atoms with van der Waals surface area (Å²) < 4.78 is 10.2. The summed E-state index contributed by atoms with van der Waals surface area (Å²) in [5.74, 6) is -0.135. The third-order valence-electron chi connectivity index (χ3n) is 4.26. The fraction of sp³-hybridized carbons (Fsp3) is 0.929. The van der Waals surface area contributed by atoms with Gasteiger partial charge in [0.15, 0.2) is 0 Å². The standard InChI is InChI=1S/C14H28N2O3/c1-6-15-14(13(17)19-5)8-7-12(9-14)16(3)11(2)10-18-4/h11-12,15H,6-10H2,1-5H3. The SMILES string of the molecule is CCNC1(C(=O)OC)CCC(N(C)C(C)COC)C1. The van der Waals surface area contributed by atoms with E-state index >= 15 is 0 Å². The molecule has 0 aromatic heterocycles. The number of nitrogens with one attached hydrogen (secondary N) is 1. The molecule has 1 aliphatic carbocycles. The quantitative estimate of drug-likeness (QED) is 0.702. The maximum absolute atomic E-state index is 12.1. The highest BCUT2D eigenvalue weighted by atomic mass is 16.5. The van der Waals surface area contributed by atoms with Crippen molar-refractivity contribution in [3.8, 4) is 0 Å². The van der Waals surface area contributed by atoms with Crippen molar-refractivity contribution in [3.63, 3.8) is 0 Å². The lowest BCUT2D eigenvalue weighted by molar-refractivity contribution is -0.148. The Labute approximate surface area is 116 Å². The summed E-state index contributed by atoms with van der Waals surface area (Å²) in [6, 6.07) is 0.744. The van der Waals surface area contributed by atoms with Crippen LogP contribution in [-0.4, -0.2) is 62.9 Å². The van der Waals surface area contributed by atoms with Gasteiger partial charge < -0.3 is 14.8 Å². The van der Waals surface area contributed by atoms with Crippen LogP contribution in [0.15, 0.2) is 0 Å². The van der Waals surface area contributed by atoms with Gasteiger partial charge in [0.1, 0.15) is 5.54 Å². The van der Waals surface area contributed by atoms with Crippen molar-refractivity contribution < 1.29 is 14.3 Å². The number of likely N-dealkylation sites (N-methyl/N-ethyl adjacent to an activating group) is 2. The molecule has 5 heteroatoms. The molecule has 0 aromatic rings. The molecule has 0 heterocycles. The van der Waals surface area contributed by atoms with Gasteiger partial charge >= 0.3 is 5.97 Å². The van der Waals surface area contributed by atoms with E-state index in [-0.39, 0.29) is 5.97 Å². The molecular formula is C14H28N2O3. The van der Waals surface area contributed by atoms with Gasteiger partial charge in [-0.25, -0.2) is 0 Å². The highest BCUT2D eigenvalue weighted by Gasteiger charge is 2.47. The molecule has 1 N–H and O–H groups in total. The van der Waals surface area contributed by atoms with Crippen LogP contribution in [0, 0.1) is 0 Å². The van der Waals surface area contributed by atoms with Crippen molar-refractivity contribution in [2.75, 3.05) is 34.4 Å². The minimum absolute atomic E-state index is 0.135. The first-order valence-electron chi connectivity index (χ1n) is 7.05. The van der Waals surface area contributed by atoms with Crippen LogP contribution in [0.25, 0.3) is 0 Å². The first kappa shape index (κ1) is 16.4. The average Bonchev–Trinajstić information content (AvgIpc) is 2.83. The molecule has 0 amide bonds. The van der Waals surface area contributed by atoms with Crippen LogP contribution in [0.3, 0.4) is 0 Å². The molecule has 0 aromatic carbocycles. The highest BCUT2D eigenvalue weighted by Crippen LogP contribution is 2.34. The first-order valence-corrected chi connectivity index (χ1v) is 7.05. The Balaban J connectivity index is 2.70. The van der Waals surface area contributed by atoms with Gasteiger partial charge in [-0.15, -0.1) is 0 Å². The van der Waals surface area contributed by atoms with E-state index in [9.17, 15) is 4.79 Å². The van der Waals surface area contributed by atoms with E-state index < -0.39 is 5.54 Å². The van der Waals surface area contributed by atoms with E-state index in [0.29, 0.717) is 18.7 Å². The van der Waals surface area contributed by atoms with E-state index in [1.165, 1.54) is 7.11 Å². The fourth-order valence-corrected chi connectivity index (χ4v) is 3.04. The minimum atomic E-state index is -0.505. The number of carbonyl (C=O) groups is 1. The molecule has 0 aliphatic heterocycles. The highest BCUT2D eigenvalue weighted by molar-refractivity contribution is 5.81. The number of carbonyl (C=O) groups excluding carboxylic acids is 1. The van der Waals surface area contributed by atoms with Gasteiger partial charge in [-0.1, -0.05) is 6.92 Å². The summed E-state index contributed by atoms with van der Waals surface area (Å²) in [5, 5.41) is 3.33. The lowest BCUT2D eigenvalue weighted by Gasteiger charge is -2.32. The molecule has 1 rings (SSSR count). The normalized spacial score (nSPS) is 28.6. The van der Waals surface area contributed by atoms with Crippen LogP contribution in [0.4, 0.5) is 0 Å². The molecule has 0 saturated heterocycles. The Hall–Kier alpha value is -0.650. The number of hydrogen-bond donors (Lipinski definition) is 1. The molecule has 5 nitrogen and oxygen atoms in total. The second-order valence-corrected chi connectivity index (χ2v) is 5.47. The molecule has 19 heavy (non-hydrogen) atoms. The smallest absolute Gasteiger partial charge is 0.326 e. The number of ether oxygens (including phenoxy) is 2. The van der Waals surface area contributed by atoms with Gasteiger partial charge in [-0.3, -0.25) is 9.69 Å². The molecule has 0 bridgehead atoms. The lowest BCUT2D eigenvalue weighted by Crippen LogP contribution is -2.52. The van der Waals surface area contributed by atoms with Crippen molar-refractivity contribution in [2.45, 2.75) is 50.7 Å². The molecule has 3 unspecified atom stereocenters. The van der Waals surface area contributed by atoms with E-state index in [0.717, 1.165) is 25.8 Å². The summed E-state index contributed by atoms with van der Waals surface area (Å²) in [7, 11) is 5.29. The molecular weight excluding hydrogens is 244 g/mol. The summed E-state index contributed by atoms with van der Waals surface area (Å²) in [4.78, 5) is 14.4. The largest absolute Gasteiger partial charge is 0.468 e. The minimum Gasteiger partial charge on any atom is -0.468 e. The summed E-state index contributed by atoms with van der Waals surface area (Å²) in [6.45, 7) is 5.66. The zero-order valence-electron chi connectivity index (χ0n) is 12.9. The fourth-order valence-electron chi connectivity index (χ4n) is 3.04. The van der Waals surface area contributed by atoms with Crippen LogP contribution < -0.4 is 5.32 Å². The molecule has 0 radical (unpaired) electrons. The molecule has 1 saturated carbocycles. The zero-order valence-corrected chi connectivity index (χ0v) is 12.9. The third-order valence-corrected chi connectivity index (χ3v) is 4.26. The molecule has 1 aliphatic rings. The van der Waals surface area contributed by atoms with E-state index in [1.807, 2.05) is 6.92 Å². The average molecular weight is 272 g/mol. The van der Waals surface area contributed by atoms with Crippen molar-refractivity contribution >= 4 is 5.97 Å². The van der Waals surface area contributed by atoms with Crippen molar-refractivity contribution in [3.05, 3.63) is 0 Å². The Kier molecular flexibility index (Phi) is 6.23. The van der Waals surface area contributed by atoms with Crippen LogP contribution in [0.1, 0.15) is 33.1 Å². The molecule has 0 spiro atoms. The monoisotopic (exact) mass is 272 g/mol. The van der Waals surface area contributed by atoms with Gasteiger partial charge in [0, 0.05) is 19.2 Å². The second kappa shape index (κ2) is 7.22. The molecule has 3 atom stereocenters. The second-order valence-electron chi connectivity index (χ2n) is 5.47. The predicted molar refractivity (Wildman–Crippen MR) is 75.2 cm³/mol. The van der Waals surface area contributed by atoms with Crippen molar-refractivity contribution in [2.24, 2.45) is 0 Å². The zero-order chi connectivity index (χ0) is 14.5. The van der Waals surface area contributed by atoms with E-state index in [2.05, 4.69) is 24.2 Å². The van der Waals surface area contributed by atoms with E-state index in [1.54, 1.807) is 7.11 Å². The van der Waals surface area contributed by atoms with Gasteiger partial charge in [0.25, 0.3) is 0 Å². The predicted octanol–water partition coefficient (Wildman–Crippen LogP) is 1.03. The Morgan fingerprint density at radius 1 is 1.53 bits per heavy atom. The number of rotatable bonds is 7. The summed E-state index contributed by atoms with van der Waals surface area (Å²) in [6.07, 6.45) is 2.65. The van der Waals surface area contributed by atoms with Crippen LogP contribution >= 0.6 is 0 Å². The third kappa shape index (κ3) is 3.68. The van der Waals surface area contributed by atoms with Gasteiger partial charge in [0.2, 0.25) is 0 Å². The number of esters is 1. The van der Waals surface area contributed by atoms with Gasteiger partial charge in [0.05, 0.1) is 13.7 Å². The number of nitrogens with zero attached hydrogens (tertiary/aromatic N) is 1. The summed E-state index contributed by atoms with van der Waals surface area (Å²) >= 11 is 0. The van der Waals surface area contributed by atoms with Crippen molar-refractivity contribution in [1.29, 1.82) is 0 Å².